The second-order valence-corrected chi connectivity index (χ2v) is 6.90. The minimum absolute atomic E-state index is 0.175. The predicted octanol–water partition coefficient (Wildman–Crippen LogP) is 4.75. The van der Waals surface area contributed by atoms with Crippen LogP contribution in [0.2, 0.25) is 0 Å². The molecule has 154 valence electrons. The van der Waals surface area contributed by atoms with Crippen LogP contribution in [0.5, 0.6) is 0 Å². The lowest BCUT2D eigenvalue weighted by Gasteiger charge is -2.11. The van der Waals surface area contributed by atoms with Crippen LogP contribution < -0.4 is 11.1 Å². The Morgan fingerprint density at radius 1 is 1.16 bits per heavy atom. The molecule has 0 aliphatic heterocycles. The van der Waals surface area contributed by atoms with E-state index in [0.717, 1.165) is 22.1 Å². The summed E-state index contributed by atoms with van der Waals surface area (Å²) in [5, 5.41) is 4.15. The number of benzene rings is 1. The smallest absolute Gasteiger partial charge is 0.413 e. The van der Waals surface area contributed by atoms with E-state index < -0.39 is 6.09 Å². The number of hydrogen-bond acceptors (Lipinski definition) is 6. The van der Waals surface area contributed by atoms with Gasteiger partial charge in [-0.1, -0.05) is 36.4 Å². The van der Waals surface area contributed by atoms with Crippen molar-refractivity contribution in [1.29, 1.82) is 0 Å². The van der Waals surface area contributed by atoms with Crippen LogP contribution in [0.4, 0.5) is 16.4 Å². The van der Waals surface area contributed by atoms with Crippen molar-refractivity contribution in [1.82, 2.24) is 15.0 Å². The second-order valence-electron chi connectivity index (χ2n) is 6.90. The lowest BCUT2D eigenvalue weighted by Crippen LogP contribution is -2.14. The summed E-state index contributed by atoms with van der Waals surface area (Å²) in [6, 6.07) is 15.0. The summed E-state index contributed by atoms with van der Waals surface area (Å²) >= 11 is 0. The maximum Gasteiger partial charge on any atom is 0.413 e. The molecular formula is C24H21N5O2. The van der Waals surface area contributed by atoms with E-state index in [1.54, 1.807) is 24.7 Å². The van der Waals surface area contributed by atoms with Crippen molar-refractivity contribution in [3.05, 3.63) is 90.9 Å². The average molecular weight is 411 g/mol. The maximum absolute atomic E-state index is 12.2. The Labute approximate surface area is 179 Å². The Hall–Kier alpha value is -4.26. The van der Waals surface area contributed by atoms with E-state index in [-0.39, 0.29) is 6.61 Å². The highest BCUT2D eigenvalue weighted by molar-refractivity contribution is 5.96. The van der Waals surface area contributed by atoms with E-state index >= 15 is 0 Å². The average Bonchev–Trinajstić information content (AvgIpc) is 2.79. The molecule has 3 aromatic heterocycles. The van der Waals surface area contributed by atoms with Crippen LogP contribution >= 0.6 is 0 Å². The third-order valence-electron chi connectivity index (χ3n) is 4.74. The third-order valence-corrected chi connectivity index (χ3v) is 4.74. The quantitative estimate of drug-likeness (QED) is 0.444. The summed E-state index contributed by atoms with van der Waals surface area (Å²) in [5.74, 6) is 0.714. The van der Waals surface area contributed by atoms with E-state index in [1.807, 2.05) is 48.5 Å². The van der Waals surface area contributed by atoms with Crippen LogP contribution in [0.25, 0.3) is 22.0 Å². The first kappa shape index (κ1) is 20.0. The van der Waals surface area contributed by atoms with Crippen molar-refractivity contribution in [2.75, 3.05) is 11.1 Å². The second kappa shape index (κ2) is 9.04. The number of rotatable bonds is 6. The fraction of sp³-hybridized carbons (Fsp3) is 0.0833. The van der Waals surface area contributed by atoms with Gasteiger partial charge in [-0.25, -0.2) is 14.8 Å². The number of pyridine rings is 3. The Kier molecular flexibility index (Phi) is 5.84. The summed E-state index contributed by atoms with van der Waals surface area (Å²) in [6.45, 7) is 3.98. The summed E-state index contributed by atoms with van der Waals surface area (Å²) < 4.78 is 5.26. The first-order chi connectivity index (χ1) is 15.1. The van der Waals surface area contributed by atoms with Crippen molar-refractivity contribution in [2.24, 2.45) is 0 Å². The minimum Gasteiger partial charge on any atom is -0.444 e. The molecule has 7 nitrogen and oxygen atoms in total. The van der Waals surface area contributed by atoms with E-state index in [2.05, 4.69) is 26.8 Å². The van der Waals surface area contributed by atoms with Gasteiger partial charge in [-0.05, 0) is 41.1 Å². The molecule has 0 radical (unpaired) electrons. The minimum atomic E-state index is -0.585. The highest BCUT2D eigenvalue weighted by Gasteiger charge is 2.12. The Bertz CT molecular complexity index is 1240. The molecule has 7 heteroatoms. The normalized spacial score (nSPS) is 10.6. The molecule has 0 fully saturated rings. The molecule has 3 N–H and O–H groups in total. The van der Waals surface area contributed by atoms with E-state index in [9.17, 15) is 4.79 Å². The molecule has 0 aliphatic carbocycles. The van der Waals surface area contributed by atoms with Gasteiger partial charge in [-0.3, -0.25) is 10.3 Å². The predicted molar refractivity (Wildman–Crippen MR) is 121 cm³/mol. The molecule has 4 aromatic rings. The third kappa shape index (κ3) is 4.67. The molecule has 4 rings (SSSR count). The monoisotopic (exact) mass is 411 g/mol. The fourth-order valence-electron chi connectivity index (χ4n) is 3.23. The number of nitrogen functional groups attached to an aromatic ring is 1. The number of hydrogen-bond donors (Lipinski definition) is 2. The Morgan fingerprint density at radius 2 is 2.00 bits per heavy atom. The standard InChI is InChI=1S/C24H21N5O2/c1-2-6-17-9-10-26-13-19(17)21-11-18-12-22(27-14-20(18)23(25)28-21)29-24(30)31-15-16-7-4-3-5-8-16/h2-5,7-14H,1,6,15H2,(H2,25,28)(H,27,29,30). The maximum atomic E-state index is 12.2. The molecule has 0 unspecified atom stereocenters. The largest absolute Gasteiger partial charge is 0.444 e. The number of amides is 1. The van der Waals surface area contributed by atoms with Gasteiger partial charge in [0, 0.05) is 29.5 Å². The number of anilines is 2. The van der Waals surface area contributed by atoms with E-state index in [1.165, 1.54) is 0 Å². The first-order valence-corrected chi connectivity index (χ1v) is 9.72. The van der Waals surface area contributed by atoms with Crippen LogP contribution in [0, 0.1) is 0 Å². The lowest BCUT2D eigenvalue weighted by atomic mass is 10.0. The van der Waals surface area contributed by atoms with Gasteiger partial charge in [0.15, 0.2) is 0 Å². The topological polar surface area (TPSA) is 103 Å². The number of nitrogens with two attached hydrogens (primary N) is 1. The van der Waals surface area contributed by atoms with E-state index in [0.29, 0.717) is 29.1 Å². The van der Waals surface area contributed by atoms with Crippen molar-refractivity contribution in [3.8, 4) is 11.3 Å². The zero-order valence-electron chi connectivity index (χ0n) is 16.8. The van der Waals surface area contributed by atoms with Crippen LogP contribution in [0.3, 0.4) is 0 Å². The molecule has 1 aromatic carbocycles. The number of nitrogens with one attached hydrogen (secondary N) is 1. The van der Waals surface area contributed by atoms with E-state index in [4.69, 9.17) is 10.5 Å². The molecule has 0 saturated heterocycles. The molecule has 0 aliphatic rings. The van der Waals surface area contributed by atoms with Gasteiger partial charge in [0.2, 0.25) is 0 Å². The Morgan fingerprint density at radius 3 is 2.81 bits per heavy atom. The number of ether oxygens (including phenoxy) is 1. The van der Waals surface area contributed by atoms with Crippen molar-refractivity contribution >= 4 is 28.5 Å². The molecule has 0 spiro atoms. The van der Waals surface area contributed by atoms with Crippen LogP contribution in [-0.2, 0) is 17.8 Å². The molecule has 0 saturated carbocycles. The summed E-state index contributed by atoms with van der Waals surface area (Å²) in [5.41, 5.74) is 9.70. The molecule has 1 amide bonds. The van der Waals surface area contributed by atoms with Gasteiger partial charge in [-0.15, -0.1) is 6.58 Å². The molecule has 0 atom stereocenters. The molecule has 0 bridgehead atoms. The first-order valence-electron chi connectivity index (χ1n) is 9.72. The SMILES string of the molecule is C=CCc1ccncc1-c1cc2cc(NC(=O)OCc3ccccc3)ncc2c(N)n1. The summed E-state index contributed by atoms with van der Waals surface area (Å²) in [4.78, 5) is 25.2. The van der Waals surface area contributed by atoms with Gasteiger partial charge < -0.3 is 10.5 Å². The van der Waals surface area contributed by atoms with Crippen molar-refractivity contribution < 1.29 is 9.53 Å². The number of fused-ring (bicyclic) bond motifs is 1. The summed E-state index contributed by atoms with van der Waals surface area (Å²) in [6.07, 6.45) is 7.01. The number of nitrogens with zero attached hydrogens (tertiary/aromatic N) is 3. The molecular weight excluding hydrogens is 390 g/mol. The van der Waals surface area contributed by atoms with Crippen molar-refractivity contribution in [2.45, 2.75) is 13.0 Å². The lowest BCUT2D eigenvalue weighted by molar-refractivity contribution is 0.155. The summed E-state index contributed by atoms with van der Waals surface area (Å²) in [7, 11) is 0. The zero-order chi connectivity index (χ0) is 21.6. The van der Waals surface area contributed by atoms with Gasteiger partial charge in [-0.2, -0.15) is 0 Å². The van der Waals surface area contributed by atoms with Gasteiger partial charge >= 0.3 is 6.09 Å². The van der Waals surface area contributed by atoms with Gasteiger partial charge in [0.05, 0.1) is 5.69 Å². The van der Waals surface area contributed by atoms with Gasteiger partial charge in [0.25, 0.3) is 0 Å². The van der Waals surface area contributed by atoms with Crippen LogP contribution in [0.1, 0.15) is 11.1 Å². The van der Waals surface area contributed by atoms with Crippen LogP contribution in [-0.4, -0.2) is 21.0 Å². The molecule has 31 heavy (non-hydrogen) atoms. The Balaban J connectivity index is 1.58. The van der Waals surface area contributed by atoms with Crippen LogP contribution in [0.15, 0.2) is 79.8 Å². The highest BCUT2D eigenvalue weighted by atomic mass is 16.5. The number of carbonyl (C=O) groups excluding carboxylic acids is 1. The molecule has 3 heterocycles. The highest BCUT2D eigenvalue weighted by Crippen LogP contribution is 2.29. The zero-order valence-corrected chi connectivity index (χ0v) is 16.8. The fourth-order valence-corrected chi connectivity index (χ4v) is 3.23. The van der Waals surface area contributed by atoms with Crippen molar-refractivity contribution in [3.63, 3.8) is 0 Å². The van der Waals surface area contributed by atoms with Gasteiger partial charge in [0.1, 0.15) is 18.2 Å². The number of carbonyl (C=O) groups is 1. The number of allylic oxidation sites excluding steroid dienone is 1. The number of aromatic nitrogens is 3.